The molecule has 0 bridgehead atoms. The third-order valence-electron chi connectivity index (χ3n) is 4.39. The van der Waals surface area contributed by atoms with Crippen LogP contribution in [-0.2, 0) is 19.1 Å². The van der Waals surface area contributed by atoms with Gasteiger partial charge in [0.1, 0.15) is 0 Å². The number of benzene rings is 1. The summed E-state index contributed by atoms with van der Waals surface area (Å²) in [5.74, 6) is -0.698. The molecule has 6 heteroatoms. The predicted molar refractivity (Wildman–Crippen MR) is 93.6 cm³/mol. The highest BCUT2D eigenvalue weighted by atomic mass is 16.5. The van der Waals surface area contributed by atoms with Crippen molar-refractivity contribution in [3.63, 3.8) is 0 Å². The van der Waals surface area contributed by atoms with Gasteiger partial charge in [-0.2, -0.15) is 0 Å². The van der Waals surface area contributed by atoms with Crippen LogP contribution < -0.4 is 5.32 Å². The summed E-state index contributed by atoms with van der Waals surface area (Å²) < 4.78 is 4.82. The standard InChI is InChI=1S/C19H22N2O4/c1-2-25-18(23)10-5-13-3-6-15(7-4-13)20-19(24)14-11-17(22)21(12-14)16-8-9-16/h3-7,10,14,16H,2,8-9,11-12H2,1H3,(H,20,24)/b10-5+. The summed E-state index contributed by atoms with van der Waals surface area (Å²) in [6.45, 7) is 2.62. The van der Waals surface area contributed by atoms with Gasteiger partial charge in [0.05, 0.1) is 12.5 Å². The first-order valence-corrected chi connectivity index (χ1v) is 8.62. The maximum atomic E-state index is 12.4. The highest BCUT2D eigenvalue weighted by Gasteiger charge is 2.41. The normalized spacial score (nSPS) is 20.1. The van der Waals surface area contributed by atoms with Gasteiger partial charge in [0, 0.05) is 30.8 Å². The quantitative estimate of drug-likeness (QED) is 0.635. The topological polar surface area (TPSA) is 75.7 Å². The molecule has 3 rings (SSSR count). The van der Waals surface area contributed by atoms with Gasteiger partial charge in [-0.1, -0.05) is 12.1 Å². The molecule has 25 heavy (non-hydrogen) atoms. The molecule has 1 N–H and O–H groups in total. The van der Waals surface area contributed by atoms with E-state index in [0.29, 0.717) is 31.3 Å². The van der Waals surface area contributed by atoms with Gasteiger partial charge in [-0.3, -0.25) is 9.59 Å². The Hall–Kier alpha value is -2.63. The fourth-order valence-electron chi connectivity index (χ4n) is 2.92. The molecule has 1 aromatic rings. The first kappa shape index (κ1) is 17.2. The number of hydrogen-bond acceptors (Lipinski definition) is 4. The lowest BCUT2D eigenvalue weighted by atomic mass is 10.1. The van der Waals surface area contributed by atoms with Crippen LogP contribution in [0.25, 0.3) is 6.08 Å². The number of nitrogens with one attached hydrogen (secondary N) is 1. The third kappa shape index (κ3) is 4.47. The van der Waals surface area contributed by atoms with Crippen LogP contribution in [0.5, 0.6) is 0 Å². The monoisotopic (exact) mass is 342 g/mol. The van der Waals surface area contributed by atoms with E-state index in [0.717, 1.165) is 18.4 Å². The maximum Gasteiger partial charge on any atom is 0.330 e. The van der Waals surface area contributed by atoms with E-state index >= 15 is 0 Å². The maximum absolute atomic E-state index is 12.4. The Balaban J connectivity index is 1.53. The second kappa shape index (κ2) is 7.51. The molecular formula is C19H22N2O4. The first-order valence-electron chi connectivity index (χ1n) is 8.62. The van der Waals surface area contributed by atoms with E-state index in [1.807, 2.05) is 17.0 Å². The van der Waals surface area contributed by atoms with Crippen molar-refractivity contribution in [2.24, 2.45) is 5.92 Å². The summed E-state index contributed by atoms with van der Waals surface area (Å²) in [5.41, 5.74) is 1.51. The van der Waals surface area contributed by atoms with Crippen LogP contribution in [0, 0.1) is 5.92 Å². The molecule has 0 aromatic heterocycles. The fraction of sp³-hybridized carbons (Fsp3) is 0.421. The number of hydrogen-bond donors (Lipinski definition) is 1. The van der Waals surface area contributed by atoms with Gasteiger partial charge in [-0.05, 0) is 43.5 Å². The summed E-state index contributed by atoms with van der Waals surface area (Å²) >= 11 is 0. The average molecular weight is 342 g/mol. The summed E-state index contributed by atoms with van der Waals surface area (Å²) in [6, 6.07) is 7.52. The van der Waals surface area contributed by atoms with E-state index in [9.17, 15) is 14.4 Å². The minimum atomic E-state index is -0.383. The zero-order chi connectivity index (χ0) is 17.8. The number of carbonyl (C=O) groups is 3. The number of esters is 1. The molecule has 132 valence electrons. The van der Waals surface area contributed by atoms with Gasteiger partial charge in [0.25, 0.3) is 0 Å². The van der Waals surface area contributed by atoms with Crippen molar-refractivity contribution < 1.29 is 19.1 Å². The second-order valence-electron chi connectivity index (χ2n) is 6.37. The fourth-order valence-corrected chi connectivity index (χ4v) is 2.92. The van der Waals surface area contributed by atoms with Crippen LogP contribution in [0.4, 0.5) is 5.69 Å². The molecule has 1 aliphatic heterocycles. The van der Waals surface area contributed by atoms with Crippen molar-refractivity contribution >= 4 is 29.5 Å². The molecule has 1 saturated heterocycles. The largest absolute Gasteiger partial charge is 0.463 e. The van der Waals surface area contributed by atoms with E-state index < -0.39 is 0 Å². The molecule has 1 saturated carbocycles. The lowest BCUT2D eigenvalue weighted by molar-refractivity contribution is -0.137. The van der Waals surface area contributed by atoms with Gasteiger partial charge in [-0.15, -0.1) is 0 Å². The highest BCUT2D eigenvalue weighted by Crippen LogP contribution is 2.32. The van der Waals surface area contributed by atoms with Gasteiger partial charge in [0.15, 0.2) is 0 Å². The van der Waals surface area contributed by atoms with Gasteiger partial charge in [-0.25, -0.2) is 4.79 Å². The number of nitrogens with zero attached hydrogens (tertiary/aromatic N) is 1. The van der Waals surface area contributed by atoms with Gasteiger partial charge in [0.2, 0.25) is 11.8 Å². The van der Waals surface area contributed by atoms with Crippen molar-refractivity contribution in [3.05, 3.63) is 35.9 Å². The zero-order valence-corrected chi connectivity index (χ0v) is 14.2. The van der Waals surface area contributed by atoms with Crippen LogP contribution >= 0.6 is 0 Å². The zero-order valence-electron chi connectivity index (χ0n) is 14.2. The van der Waals surface area contributed by atoms with Gasteiger partial charge >= 0.3 is 5.97 Å². The van der Waals surface area contributed by atoms with Crippen molar-refractivity contribution in [1.29, 1.82) is 0 Å². The number of amides is 2. The molecule has 6 nitrogen and oxygen atoms in total. The number of anilines is 1. The van der Waals surface area contributed by atoms with E-state index in [1.165, 1.54) is 6.08 Å². The Morgan fingerprint density at radius 3 is 2.64 bits per heavy atom. The van der Waals surface area contributed by atoms with Crippen molar-refractivity contribution in [3.8, 4) is 0 Å². The number of rotatable bonds is 6. The van der Waals surface area contributed by atoms with E-state index in [2.05, 4.69) is 5.32 Å². The van der Waals surface area contributed by atoms with Gasteiger partial charge < -0.3 is 15.0 Å². The van der Waals surface area contributed by atoms with Crippen LogP contribution in [0.15, 0.2) is 30.3 Å². The predicted octanol–water partition coefficient (Wildman–Crippen LogP) is 2.21. The Kier molecular flexibility index (Phi) is 5.16. The lowest BCUT2D eigenvalue weighted by Crippen LogP contribution is -2.29. The summed E-state index contributed by atoms with van der Waals surface area (Å²) in [4.78, 5) is 37.4. The summed E-state index contributed by atoms with van der Waals surface area (Å²) in [6.07, 6.45) is 5.44. The van der Waals surface area contributed by atoms with Crippen molar-refractivity contribution in [2.75, 3.05) is 18.5 Å². The molecule has 2 amide bonds. The van der Waals surface area contributed by atoms with E-state index in [1.54, 1.807) is 25.1 Å². The Labute approximate surface area is 146 Å². The van der Waals surface area contributed by atoms with E-state index in [4.69, 9.17) is 4.74 Å². The molecule has 0 spiro atoms. The Morgan fingerprint density at radius 2 is 2.00 bits per heavy atom. The molecule has 1 atom stereocenters. The van der Waals surface area contributed by atoms with Crippen molar-refractivity contribution in [1.82, 2.24) is 4.90 Å². The third-order valence-corrected chi connectivity index (χ3v) is 4.39. The molecule has 0 radical (unpaired) electrons. The minimum absolute atomic E-state index is 0.0853. The van der Waals surface area contributed by atoms with Crippen LogP contribution in [0.1, 0.15) is 31.7 Å². The average Bonchev–Trinajstić information content (AvgIpc) is 3.36. The van der Waals surface area contributed by atoms with E-state index in [-0.39, 0.29) is 23.7 Å². The Morgan fingerprint density at radius 1 is 1.28 bits per heavy atom. The first-order chi connectivity index (χ1) is 12.1. The number of likely N-dealkylation sites (tertiary alicyclic amines) is 1. The Bertz CT molecular complexity index is 692. The molecule has 1 heterocycles. The summed E-state index contributed by atoms with van der Waals surface area (Å²) in [7, 11) is 0. The minimum Gasteiger partial charge on any atom is -0.463 e. The SMILES string of the molecule is CCOC(=O)/C=C/c1ccc(NC(=O)C2CC(=O)N(C3CC3)C2)cc1. The number of ether oxygens (including phenoxy) is 1. The van der Waals surface area contributed by atoms with Crippen molar-refractivity contribution in [2.45, 2.75) is 32.2 Å². The number of carbonyl (C=O) groups excluding carboxylic acids is 3. The molecule has 2 aliphatic rings. The van der Waals surface area contributed by atoms with Crippen LogP contribution in [0.2, 0.25) is 0 Å². The second-order valence-corrected chi connectivity index (χ2v) is 6.37. The molecule has 2 fully saturated rings. The molecular weight excluding hydrogens is 320 g/mol. The molecule has 1 aromatic carbocycles. The lowest BCUT2D eigenvalue weighted by Gasteiger charge is -2.15. The molecule has 1 aliphatic carbocycles. The van der Waals surface area contributed by atoms with Crippen LogP contribution in [0.3, 0.4) is 0 Å². The van der Waals surface area contributed by atoms with Crippen LogP contribution in [-0.4, -0.2) is 41.9 Å². The summed E-state index contributed by atoms with van der Waals surface area (Å²) in [5, 5.41) is 2.86. The smallest absolute Gasteiger partial charge is 0.330 e. The molecule has 1 unspecified atom stereocenters. The highest BCUT2D eigenvalue weighted by molar-refractivity contribution is 5.97.